The molecule has 12 amide bonds. The molecule has 3 aliphatic rings. The number of aromatic hydroxyl groups is 1. The van der Waals surface area contributed by atoms with Crippen molar-refractivity contribution >= 4 is 70.9 Å². The van der Waals surface area contributed by atoms with E-state index >= 15 is 0 Å². The number of benzene rings is 1. The van der Waals surface area contributed by atoms with Crippen LogP contribution in [0.25, 0.3) is 0 Å². The highest BCUT2D eigenvalue weighted by molar-refractivity contribution is 5.99. The first-order chi connectivity index (χ1) is 33.0. The standard InChI is InChI=1S/C45H66N12O13/c1-6-8-9-27(40(65)49-20-33(47)60)50-37(64)22-56(5)44(69)31-15-17-34(61)48-21-36(63)51-29(18-25-10-12-26(58)13-11-25)42(67)55-38(23(3)7-2)43(68)52-28(14-16-32(46)59)41(66)53-30-19-35(62)54-39-24(4)57(31,39)45(30)70/h10-13,23-24,27-31,38-39H,6-9,14-22H2,1-5H3,(H12-,46,47,48,49,50,51,52,53,54,55,58,59,60,61,62,63,64,65,66,67,68)/p+1. The van der Waals surface area contributed by atoms with E-state index in [4.69, 9.17) is 11.5 Å². The van der Waals surface area contributed by atoms with Gasteiger partial charge in [0, 0.05) is 32.7 Å². The molecule has 25 heteroatoms. The number of carbonyl (C=O) groups excluding carboxylic acids is 12. The third-order valence-corrected chi connectivity index (χ3v) is 12.9. The van der Waals surface area contributed by atoms with Crippen molar-refractivity contribution in [1.82, 2.24) is 47.4 Å². The normalized spacial score (nSPS) is 26.4. The lowest BCUT2D eigenvalue weighted by Crippen LogP contribution is -2.62. The predicted molar refractivity (Wildman–Crippen MR) is 246 cm³/mol. The molecule has 0 saturated carbocycles. The van der Waals surface area contributed by atoms with E-state index in [2.05, 4.69) is 42.5 Å². The Hall–Kier alpha value is -7.18. The SMILES string of the molecule is CCCCC(NC(=O)CN(C)C(=O)C1CCC(=O)NCC(=O)NC(Cc2ccc(O)cc2)C(=O)NC(C(C)CC)C(=O)NC(CCC(N)=O)C(=O)NC2CC(=O)NC3C(C)[N+]13C2=O)C(=O)NCC(N)=O. The Kier molecular flexibility index (Phi) is 19.7. The maximum Gasteiger partial charge on any atom is 0.339 e. The van der Waals surface area contributed by atoms with Crippen LogP contribution >= 0.6 is 0 Å². The summed E-state index contributed by atoms with van der Waals surface area (Å²) < 4.78 is -0.816. The highest BCUT2D eigenvalue weighted by atomic mass is 16.3. The summed E-state index contributed by atoms with van der Waals surface area (Å²) in [6, 6.07) is -3.58. The van der Waals surface area contributed by atoms with Gasteiger partial charge in [-0.1, -0.05) is 52.2 Å². The topological polar surface area (TPSA) is 377 Å². The molecule has 10 unspecified atom stereocenters. The van der Waals surface area contributed by atoms with Crippen molar-refractivity contribution in [3.63, 3.8) is 0 Å². The van der Waals surface area contributed by atoms with Crippen LogP contribution in [0, 0.1) is 5.92 Å². The van der Waals surface area contributed by atoms with Crippen LogP contribution in [0.4, 0.5) is 0 Å². The van der Waals surface area contributed by atoms with Crippen molar-refractivity contribution in [3.8, 4) is 5.75 Å². The molecule has 3 saturated heterocycles. The van der Waals surface area contributed by atoms with E-state index in [1.54, 1.807) is 20.8 Å². The molecule has 1 aromatic carbocycles. The summed E-state index contributed by atoms with van der Waals surface area (Å²) in [5.41, 5.74) is 11.1. The maximum atomic E-state index is 15.0. The predicted octanol–water partition coefficient (Wildman–Crippen LogP) is -4.21. The quantitative estimate of drug-likeness (QED) is 0.0522. The first-order valence-electron chi connectivity index (χ1n) is 23.4. The molecule has 70 heavy (non-hydrogen) atoms. The second-order valence-electron chi connectivity index (χ2n) is 18.1. The van der Waals surface area contributed by atoms with E-state index in [1.807, 2.05) is 6.92 Å². The smallest absolute Gasteiger partial charge is 0.339 e. The number of carbonyl (C=O) groups is 12. The van der Waals surface area contributed by atoms with Crippen molar-refractivity contribution in [1.29, 1.82) is 0 Å². The number of primary amides is 2. The highest BCUT2D eigenvalue weighted by Crippen LogP contribution is 2.46. The van der Waals surface area contributed by atoms with Gasteiger partial charge in [0.1, 0.15) is 29.9 Å². The van der Waals surface area contributed by atoms with Crippen LogP contribution in [0.5, 0.6) is 5.75 Å². The fraction of sp³-hybridized carbons (Fsp3) is 0.600. The van der Waals surface area contributed by atoms with Crippen LogP contribution in [0.1, 0.15) is 91.0 Å². The Bertz CT molecular complexity index is 2190. The summed E-state index contributed by atoms with van der Waals surface area (Å²) in [6.07, 6.45) is -1.84. The minimum atomic E-state index is -1.65. The van der Waals surface area contributed by atoms with Crippen molar-refractivity contribution in [2.24, 2.45) is 17.4 Å². The summed E-state index contributed by atoms with van der Waals surface area (Å²) in [6.45, 7) is 5.01. The molecule has 0 radical (unpaired) electrons. The molecule has 1 aromatic rings. The van der Waals surface area contributed by atoms with Crippen LogP contribution in [-0.4, -0.2) is 161 Å². The molecule has 384 valence electrons. The van der Waals surface area contributed by atoms with E-state index < -0.39 is 175 Å². The minimum absolute atomic E-state index is 0.0613. The number of hydrogen-bond acceptors (Lipinski definition) is 13. The van der Waals surface area contributed by atoms with Gasteiger partial charge in [0.05, 0.1) is 26.1 Å². The monoisotopic (exact) mass is 983 g/mol. The molecule has 2 bridgehead atoms. The first kappa shape index (κ1) is 55.4. The molecule has 4 rings (SSSR count). The number of amides is 12. The Labute approximate surface area is 404 Å². The Morgan fingerprint density at radius 3 is 2.16 bits per heavy atom. The van der Waals surface area contributed by atoms with Gasteiger partial charge in [0.15, 0.2) is 18.1 Å². The summed E-state index contributed by atoms with van der Waals surface area (Å²) in [5.74, 6) is -10.5. The Balaban J connectivity index is 1.75. The number of hydrogen-bond donors (Lipinski definition) is 11. The lowest BCUT2D eigenvalue weighted by molar-refractivity contribution is -0.768. The summed E-state index contributed by atoms with van der Waals surface area (Å²) in [5, 5.41) is 30.3. The summed E-state index contributed by atoms with van der Waals surface area (Å²) in [7, 11) is 1.25. The molecule has 0 aromatic heterocycles. The van der Waals surface area contributed by atoms with Crippen LogP contribution in [-0.2, 0) is 64.0 Å². The number of fused-ring (bicyclic) bond motifs is 1. The molecule has 0 aliphatic carbocycles. The van der Waals surface area contributed by atoms with Gasteiger partial charge in [-0.05, 0) is 43.4 Å². The van der Waals surface area contributed by atoms with Crippen LogP contribution < -0.4 is 54.0 Å². The van der Waals surface area contributed by atoms with E-state index in [0.29, 0.717) is 24.8 Å². The van der Waals surface area contributed by atoms with Gasteiger partial charge in [-0.2, -0.15) is 0 Å². The van der Waals surface area contributed by atoms with Gasteiger partial charge in [0.2, 0.25) is 65.2 Å². The third-order valence-electron chi connectivity index (χ3n) is 12.9. The number of phenolic OH excluding ortho intramolecular Hbond substituents is 1. The van der Waals surface area contributed by atoms with Crippen molar-refractivity contribution < 1.29 is 67.1 Å². The van der Waals surface area contributed by atoms with E-state index in [-0.39, 0.29) is 25.0 Å². The van der Waals surface area contributed by atoms with Crippen LogP contribution in [0.3, 0.4) is 0 Å². The summed E-state index contributed by atoms with van der Waals surface area (Å²) in [4.78, 5) is 163. The summed E-state index contributed by atoms with van der Waals surface area (Å²) >= 11 is 0. The second kappa shape index (κ2) is 24.9. The highest BCUT2D eigenvalue weighted by Gasteiger charge is 2.76. The largest absolute Gasteiger partial charge is 0.508 e. The number of nitrogens with two attached hydrogens (primary N) is 2. The number of nitrogens with one attached hydrogen (secondary N) is 8. The average molecular weight is 984 g/mol. The molecule has 1 spiro atoms. The zero-order valence-corrected chi connectivity index (χ0v) is 40.1. The van der Waals surface area contributed by atoms with Gasteiger partial charge in [0.25, 0.3) is 5.91 Å². The zero-order chi connectivity index (χ0) is 52.0. The number of quaternary nitrogens is 1. The fourth-order valence-corrected chi connectivity index (χ4v) is 8.78. The number of nitrogens with zero attached hydrogens (tertiary/aromatic N) is 2. The van der Waals surface area contributed by atoms with Gasteiger partial charge < -0.3 is 64.0 Å². The van der Waals surface area contributed by atoms with Crippen molar-refractivity contribution in [2.75, 3.05) is 26.7 Å². The maximum absolute atomic E-state index is 15.0. The van der Waals surface area contributed by atoms with Gasteiger partial charge in [-0.25, -0.2) is 9.28 Å². The zero-order valence-electron chi connectivity index (χ0n) is 40.1. The van der Waals surface area contributed by atoms with E-state index in [9.17, 15) is 62.6 Å². The van der Waals surface area contributed by atoms with Gasteiger partial charge in [-0.15, -0.1) is 0 Å². The number of rotatable bonds is 17. The number of unbranched alkanes of at least 4 members (excludes halogenated alkanes) is 1. The van der Waals surface area contributed by atoms with Gasteiger partial charge in [-0.3, -0.25) is 52.7 Å². The molecule has 3 heterocycles. The minimum Gasteiger partial charge on any atom is -0.508 e. The fourth-order valence-electron chi connectivity index (χ4n) is 8.78. The lowest BCUT2D eigenvalue weighted by Gasteiger charge is -2.32. The lowest BCUT2D eigenvalue weighted by atomic mass is 9.96. The average Bonchev–Trinajstić information content (AvgIpc) is 3.91. The molecule has 3 fully saturated rings. The molecule has 13 N–H and O–H groups in total. The van der Waals surface area contributed by atoms with E-state index in [1.165, 1.54) is 31.3 Å². The van der Waals surface area contributed by atoms with Crippen molar-refractivity contribution in [3.05, 3.63) is 29.8 Å². The molecular weight excluding hydrogens is 917 g/mol. The number of phenols is 1. The molecular formula is C45H67N12O13+. The Morgan fingerprint density at radius 1 is 0.857 bits per heavy atom. The molecule has 3 aliphatic heterocycles. The first-order valence-corrected chi connectivity index (χ1v) is 23.4. The van der Waals surface area contributed by atoms with Crippen LogP contribution in [0.15, 0.2) is 24.3 Å². The van der Waals surface area contributed by atoms with Crippen molar-refractivity contribution in [2.45, 2.75) is 140 Å². The van der Waals surface area contributed by atoms with Crippen LogP contribution in [0.2, 0.25) is 0 Å². The molecule has 10 atom stereocenters. The second-order valence-corrected chi connectivity index (χ2v) is 18.1. The van der Waals surface area contributed by atoms with E-state index in [0.717, 1.165) is 4.90 Å². The van der Waals surface area contributed by atoms with Gasteiger partial charge >= 0.3 is 5.91 Å². The Morgan fingerprint density at radius 2 is 1.53 bits per heavy atom. The third kappa shape index (κ3) is 14.4. The molecule has 25 nitrogen and oxygen atoms in total. The number of likely N-dealkylation sites (N-methyl/N-ethyl adjacent to an activating group) is 1.